The van der Waals surface area contributed by atoms with E-state index in [0.717, 1.165) is 34.1 Å². The quantitative estimate of drug-likeness (QED) is 0.511. The summed E-state index contributed by atoms with van der Waals surface area (Å²) in [6.07, 6.45) is 1.41. The Morgan fingerprint density at radius 3 is 2.09 bits per heavy atom. The highest BCUT2D eigenvalue weighted by atomic mass is 16.7. The van der Waals surface area contributed by atoms with Crippen LogP contribution in [-0.4, -0.2) is 35.9 Å². The van der Waals surface area contributed by atoms with E-state index in [0.29, 0.717) is 38.0 Å². The van der Waals surface area contributed by atoms with E-state index in [-0.39, 0.29) is 25.2 Å². The average Bonchev–Trinajstić information content (AvgIpc) is 3.57. The second kappa shape index (κ2) is 9.64. The fourth-order valence-corrected chi connectivity index (χ4v) is 3.83. The maximum atomic E-state index is 12.3. The van der Waals surface area contributed by atoms with E-state index >= 15 is 0 Å². The molecule has 0 fully saturated rings. The van der Waals surface area contributed by atoms with Crippen LogP contribution < -0.4 is 24.3 Å². The monoisotopic (exact) mass is 465 g/mol. The lowest BCUT2D eigenvalue weighted by molar-refractivity contribution is 0.0944. The third-order valence-electron chi connectivity index (χ3n) is 5.50. The number of rotatable bonds is 9. The summed E-state index contributed by atoms with van der Waals surface area (Å²) in [5, 5.41) is 2.87. The summed E-state index contributed by atoms with van der Waals surface area (Å²) in [4.78, 5) is 18.9. The van der Waals surface area contributed by atoms with Gasteiger partial charge in [-0.05, 0) is 41.3 Å². The number of carbonyl (C=O) groups is 1. The zero-order valence-corrected chi connectivity index (χ0v) is 19.2. The van der Waals surface area contributed by atoms with Crippen molar-refractivity contribution >= 4 is 5.91 Å². The fourth-order valence-electron chi connectivity index (χ4n) is 3.83. The largest absolute Gasteiger partial charge is 0.454 e. The van der Waals surface area contributed by atoms with Crippen LogP contribution in [0.4, 0.5) is 0 Å². The number of nitrogens with zero attached hydrogens (tertiary/aromatic N) is 2. The number of benzene rings is 2. The Hall–Kier alpha value is -3.72. The molecule has 2 aliphatic rings. The van der Waals surface area contributed by atoms with Crippen molar-refractivity contribution in [3.63, 3.8) is 0 Å². The van der Waals surface area contributed by atoms with E-state index < -0.39 is 0 Å². The van der Waals surface area contributed by atoms with Gasteiger partial charge in [0.1, 0.15) is 6.26 Å². The third kappa shape index (κ3) is 5.09. The molecule has 3 heterocycles. The first-order chi connectivity index (χ1) is 16.5. The molecule has 0 unspecified atom stereocenters. The summed E-state index contributed by atoms with van der Waals surface area (Å²) in [5.74, 6) is 3.56. The highest BCUT2D eigenvalue weighted by Gasteiger charge is 2.20. The SMILES string of the molecule is CC(C)CNC(=O)c1coc(CN(Cc2ccc3c(c2)OCO3)Cc2ccc3c(c2)OCO3)n1. The Kier molecular flexibility index (Phi) is 6.27. The van der Waals surface area contributed by atoms with E-state index in [9.17, 15) is 4.79 Å². The molecular weight excluding hydrogens is 438 g/mol. The number of hydrogen-bond donors (Lipinski definition) is 1. The lowest BCUT2D eigenvalue weighted by Crippen LogP contribution is -2.27. The minimum atomic E-state index is -0.234. The molecule has 5 rings (SSSR count). The first-order valence-corrected chi connectivity index (χ1v) is 11.3. The lowest BCUT2D eigenvalue weighted by Gasteiger charge is -2.21. The van der Waals surface area contributed by atoms with Crippen molar-refractivity contribution < 1.29 is 28.2 Å². The standard InChI is InChI=1S/C25H27N3O6/c1-16(2)9-26-25(29)19-13-30-24(27-19)12-28(10-17-3-5-20-22(7-17)33-14-31-20)11-18-4-6-21-23(8-18)34-15-32-21/h3-8,13,16H,9-12,14-15H2,1-2H3,(H,26,29). The van der Waals surface area contributed by atoms with Crippen LogP contribution in [-0.2, 0) is 19.6 Å². The van der Waals surface area contributed by atoms with Gasteiger partial charge in [0.2, 0.25) is 19.5 Å². The van der Waals surface area contributed by atoms with Crippen LogP contribution in [0, 0.1) is 5.92 Å². The summed E-state index contributed by atoms with van der Waals surface area (Å²) in [6.45, 7) is 6.78. The molecule has 9 nitrogen and oxygen atoms in total. The van der Waals surface area contributed by atoms with Gasteiger partial charge >= 0.3 is 0 Å². The number of ether oxygens (including phenoxy) is 4. The topological polar surface area (TPSA) is 95.3 Å². The van der Waals surface area contributed by atoms with Gasteiger partial charge in [0, 0.05) is 19.6 Å². The highest BCUT2D eigenvalue weighted by molar-refractivity contribution is 5.91. The van der Waals surface area contributed by atoms with E-state index in [1.165, 1.54) is 6.26 Å². The minimum absolute atomic E-state index is 0.234. The molecule has 0 saturated heterocycles. The number of aromatic nitrogens is 1. The molecule has 34 heavy (non-hydrogen) atoms. The van der Waals surface area contributed by atoms with Crippen LogP contribution in [0.5, 0.6) is 23.0 Å². The maximum Gasteiger partial charge on any atom is 0.273 e. The van der Waals surface area contributed by atoms with E-state index in [2.05, 4.69) is 15.2 Å². The van der Waals surface area contributed by atoms with Gasteiger partial charge in [0.05, 0.1) is 6.54 Å². The second-order valence-corrected chi connectivity index (χ2v) is 8.75. The van der Waals surface area contributed by atoms with Crippen LogP contribution in [0.1, 0.15) is 41.4 Å². The third-order valence-corrected chi connectivity index (χ3v) is 5.50. The zero-order valence-electron chi connectivity index (χ0n) is 19.2. The molecule has 0 saturated carbocycles. The minimum Gasteiger partial charge on any atom is -0.454 e. The van der Waals surface area contributed by atoms with Gasteiger partial charge in [-0.3, -0.25) is 9.69 Å². The van der Waals surface area contributed by atoms with Gasteiger partial charge in [0.25, 0.3) is 5.91 Å². The van der Waals surface area contributed by atoms with Crippen molar-refractivity contribution in [1.82, 2.24) is 15.2 Å². The second-order valence-electron chi connectivity index (χ2n) is 8.75. The molecule has 0 radical (unpaired) electrons. The van der Waals surface area contributed by atoms with Gasteiger partial charge in [0.15, 0.2) is 28.7 Å². The number of nitrogens with one attached hydrogen (secondary N) is 1. The fraction of sp³-hybridized carbons (Fsp3) is 0.360. The molecule has 1 N–H and O–H groups in total. The molecule has 0 bridgehead atoms. The van der Waals surface area contributed by atoms with E-state index in [1.54, 1.807) is 0 Å². The first-order valence-electron chi connectivity index (χ1n) is 11.3. The maximum absolute atomic E-state index is 12.3. The molecule has 3 aromatic rings. The van der Waals surface area contributed by atoms with Gasteiger partial charge in [-0.25, -0.2) is 4.98 Å². The molecule has 1 amide bonds. The normalized spacial score (nSPS) is 13.6. The van der Waals surface area contributed by atoms with Crippen LogP contribution in [0.3, 0.4) is 0 Å². The van der Waals surface area contributed by atoms with Crippen molar-refractivity contribution in [3.05, 3.63) is 65.4 Å². The summed E-state index contributed by atoms with van der Waals surface area (Å²) in [5.41, 5.74) is 2.40. The summed E-state index contributed by atoms with van der Waals surface area (Å²) < 4.78 is 27.6. The Balaban J connectivity index is 1.33. The summed E-state index contributed by atoms with van der Waals surface area (Å²) in [7, 11) is 0. The number of hydrogen-bond acceptors (Lipinski definition) is 8. The Morgan fingerprint density at radius 1 is 0.912 bits per heavy atom. The molecule has 9 heteroatoms. The predicted molar refractivity (Wildman–Crippen MR) is 122 cm³/mol. The summed E-state index contributed by atoms with van der Waals surface area (Å²) >= 11 is 0. The van der Waals surface area contributed by atoms with Gasteiger partial charge < -0.3 is 28.7 Å². The Morgan fingerprint density at radius 2 is 1.50 bits per heavy atom. The molecule has 2 aromatic carbocycles. The average molecular weight is 466 g/mol. The van der Waals surface area contributed by atoms with Crippen molar-refractivity contribution in [1.29, 1.82) is 0 Å². The number of amides is 1. The molecule has 178 valence electrons. The molecule has 0 atom stereocenters. The van der Waals surface area contributed by atoms with Crippen LogP contribution in [0.2, 0.25) is 0 Å². The van der Waals surface area contributed by atoms with Crippen LogP contribution in [0.15, 0.2) is 47.1 Å². The van der Waals surface area contributed by atoms with E-state index in [4.69, 9.17) is 23.4 Å². The Labute approximate surface area is 197 Å². The van der Waals surface area contributed by atoms with Crippen molar-refractivity contribution in [2.24, 2.45) is 5.92 Å². The smallest absolute Gasteiger partial charge is 0.273 e. The van der Waals surface area contributed by atoms with Crippen molar-refractivity contribution in [2.75, 3.05) is 20.1 Å². The zero-order chi connectivity index (χ0) is 23.5. The molecule has 2 aliphatic heterocycles. The molecular formula is C25H27N3O6. The molecule has 1 aromatic heterocycles. The Bertz CT molecular complexity index is 1120. The van der Waals surface area contributed by atoms with Crippen LogP contribution in [0.25, 0.3) is 0 Å². The van der Waals surface area contributed by atoms with Crippen molar-refractivity contribution in [3.8, 4) is 23.0 Å². The molecule has 0 spiro atoms. The van der Waals surface area contributed by atoms with Gasteiger partial charge in [-0.1, -0.05) is 26.0 Å². The van der Waals surface area contributed by atoms with Crippen LogP contribution >= 0.6 is 0 Å². The lowest BCUT2D eigenvalue weighted by atomic mass is 10.1. The predicted octanol–water partition coefficient (Wildman–Crippen LogP) is 3.72. The number of oxazole rings is 1. The first kappa shape index (κ1) is 22.1. The van der Waals surface area contributed by atoms with Crippen molar-refractivity contribution in [2.45, 2.75) is 33.5 Å². The van der Waals surface area contributed by atoms with Gasteiger partial charge in [-0.15, -0.1) is 0 Å². The number of fused-ring (bicyclic) bond motifs is 2. The van der Waals surface area contributed by atoms with Gasteiger partial charge in [-0.2, -0.15) is 0 Å². The summed E-state index contributed by atoms with van der Waals surface area (Å²) in [6, 6.07) is 11.8. The number of carbonyl (C=O) groups excluding carboxylic acids is 1. The molecule has 0 aliphatic carbocycles. The van der Waals surface area contributed by atoms with E-state index in [1.807, 2.05) is 50.2 Å². The highest BCUT2D eigenvalue weighted by Crippen LogP contribution is 2.34.